The predicted octanol–water partition coefficient (Wildman–Crippen LogP) is 1.58. The molecule has 1 aliphatic heterocycles. The van der Waals surface area contributed by atoms with Gasteiger partial charge < -0.3 is 4.90 Å². The third kappa shape index (κ3) is 3.46. The third-order valence-electron chi connectivity index (χ3n) is 5.05. The van der Waals surface area contributed by atoms with E-state index in [9.17, 15) is 9.59 Å². The Morgan fingerprint density at radius 2 is 1.81 bits per heavy atom. The van der Waals surface area contributed by atoms with E-state index in [0.29, 0.717) is 29.6 Å². The lowest BCUT2D eigenvalue weighted by molar-refractivity contribution is 0.0622. The number of pyridine rings is 1. The Morgan fingerprint density at radius 1 is 1.07 bits per heavy atom. The van der Waals surface area contributed by atoms with Crippen molar-refractivity contribution in [3.63, 3.8) is 0 Å². The number of aromatic nitrogens is 3. The lowest BCUT2D eigenvalue weighted by atomic mass is 10.1. The molecule has 27 heavy (non-hydrogen) atoms. The number of aryl methyl sites for hydroxylation is 1. The standard InChI is InChI=1S/C20H21N5O2/c1-14-5-4-8-21-17(14)13-24-9-11-25(12-10-24)20(27)18-15-6-2-3-7-16(15)19(26)23-22-18/h2-8H,9-13H2,1H3,(H,23,26). The number of fused-ring (bicyclic) bond motifs is 1. The second-order valence-corrected chi connectivity index (χ2v) is 6.78. The number of nitrogens with zero attached hydrogens (tertiary/aromatic N) is 4. The van der Waals surface area contributed by atoms with Gasteiger partial charge in [0.1, 0.15) is 0 Å². The number of nitrogens with one attached hydrogen (secondary N) is 1. The fraction of sp³-hybridized carbons (Fsp3) is 0.300. The van der Waals surface area contributed by atoms with Crippen LogP contribution in [-0.2, 0) is 6.54 Å². The fourth-order valence-electron chi connectivity index (χ4n) is 3.43. The molecule has 0 bridgehead atoms. The summed E-state index contributed by atoms with van der Waals surface area (Å²) in [6, 6.07) is 11.1. The molecule has 7 nitrogen and oxygen atoms in total. The monoisotopic (exact) mass is 363 g/mol. The molecule has 3 heterocycles. The van der Waals surface area contributed by atoms with Crippen LogP contribution in [0.1, 0.15) is 21.7 Å². The van der Waals surface area contributed by atoms with Crippen LogP contribution in [0.5, 0.6) is 0 Å². The molecule has 1 aliphatic rings. The zero-order valence-corrected chi connectivity index (χ0v) is 15.2. The van der Waals surface area contributed by atoms with Gasteiger partial charge in [0, 0.05) is 44.3 Å². The molecule has 4 rings (SSSR count). The first-order chi connectivity index (χ1) is 13.1. The molecule has 2 aromatic heterocycles. The van der Waals surface area contributed by atoms with E-state index < -0.39 is 0 Å². The second-order valence-electron chi connectivity index (χ2n) is 6.78. The topological polar surface area (TPSA) is 82.2 Å². The molecule has 7 heteroatoms. The molecule has 1 aromatic carbocycles. The average molecular weight is 363 g/mol. The average Bonchev–Trinajstić information content (AvgIpc) is 2.70. The van der Waals surface area contributed by atoms with Crippen LogP contribution in [0.15, 0.2) is 47.4 Å². The van der Waals surface area contributed by atoms with Gasteiger partial charge in [0.2, 0.25) is 0 Å². The highest BCUT2D eigenvalue weighted by Gasteiger charge is 2.25. The molecule has 0 saturated carbocycles. The summed E-state index contributed by atoms with van der Waals surface area (Å²) in [6.07, 6.45) is 1.81. The van der Waals surface area contributed by atoms with Crippen molar-refractivity contribution in [2.75, 3.05) is 26.2 Å². The molecule has 0 atom stereocenters. The molecule has 0 spiro atoms. The van der Waals surface area contributed by atoms with Crippen LogP contribution in [0, 0.1) is 6.92 Å². The molecule has 1 N–H and O–H groups in total. The van der Waals surface area contributed by atoms with E-state index in [4.69, 9.17) is 0 Å². The van der Waals surface area contributed by atoms with Crippen LogP contribution in [0.2, 0.25) is 0 Å². The molecular weight excluding hydrogens is 342 g/mol. The normalized spacial score (nSPS) is 15.2. The predicted molar refractivity (Wildman–Crippen MR) is 103 cm³/mol. The Morgan fingerprint density at radius 3 is 2.56 bits per heavy atom. The van der Waals surface area contributed by atoms with Crippen LogP contribution in [-0.4, -0.2) is 57.1 Å². The van der Waals surface area contributed by atoms with Gasteiger partial charge in [0.25, 0.3) is 11.5 Å². The molecule has 1 amide bonds. The highest BCUT2D eigenvalue weighted by atomic mass is 16.2. The summed E-state index contributed by atoms with van der Waals surface area (Å²) in [5.41, 5.74) is 2.28. The van der Waals surface area contributed by atoms with Gasteiger partial charge in [-0.25, -0.2) is 5.10 Å². The minimum atomic E-state index is -0.280. The fourth-order valence-corrected chi connectivity index (χ4v) is 3.43. The lowest BCUT2D eigenvalue weighted by Crippen LogP contribution is -2.48. The van der Waals surface area contributed by atoms with E-state index in [1.165, 1.54) is 5.56 Å². The Kier molecular flexibility index (Phi) is 4.68. The zero-order chi connectivity index (χ0) is 18.8. The van der Waals surface area contributed by atoms with Crippen molar-refractivity contribution in [2.45, 2.75) is 13.5 Å². The van der Waals surface area contributed by atoms with Crippen molar-refractivity contribution in [3.8, 4) is 0 Å². The van der Waals surface area contributed by atoms with E-state index in [2.05, 4.69) is 33.1 Å². The molecule has 0 radical (unpaired) electrons. The van der Waals surface area contributed by atoms with E-state index in [1.54, 1.807) is 23.1 Å². The Balaban J connectivity index is 1.47. The van der Waals surface area contributed by atoms with Gasteiger partial charge in [-0.15, -0.1) is 0 Å². The van der Waals surface area contributed by atoms with Crippen LogP contribution in [0.4, 0.5) is 0 Å². The summed E-state index contributed by atoms with van der Waals surface area (Å²) in [5.74, 6) is -0.142. The highest BCUT2D eigenvalue weighted by molar-refractivity contribution is 6.04. The summed E-state index contributed by atoms with van der Waals surface area (Å²) < 4.78 is 0. The summed E-state index contributed by atoms with van der Waals surface area (Å²) in [4.78, 5) is 33.4. The highest BCUT2D eigenvalue weighted by Crippen LogP contribution is 2.16. The van der Waals surface area contributed by atoms with Gasteiger partial charge in [-0.05, 0) is 24.6 Å². The number of carbonyl (C=O) groups is 1. The van der Waals surface area contributed by atoms with Crippen LogP contribution >= 0.6 is 0 Å². The summed E-state index contributed by atoms with van der Waals surface area (Å²) in [6.45, 7) is 5.66. The number of benzene rings is 1. The molecular formula is C20H21N5O2. The molecule has 1 fully saturated rings. The summed E-state index contributed by atoms with van der Waals surface area (Å²) >= 11 is 0. The van der Waals surface area contributed by atoms with Crippen molar-refractivity contribution in [1.29, 1.82) is 0 Å². The number of H-pyrrole nitrogens is 1. The summed E-state index contributed by atoms with van der Waals surface area (Å²) in [5, 5.41) is 7.55. The molecule has 138 valence electrons. The summed E-state index contributed by atoms with van der Waals surface area (Å²) in [7, 11) is 0. The molecule has 0 aliphatic carbocycles. The lowest BCUT2D eigenvalue weighted by Gasteiger charge is -2.34. The van der Waals surface area contributed by atoms with Gasteiger partial charge in [-0.3, -0.25) is 19.5 Å². The van der Waals surface area contributed by atoms with Gasteiger partial charge in [0.05, 0.1) is 11.1 Å². The van der Waals surface area contributed by atoms with Gasteiger partial charge in [0.15, 0.2) is 5.69 Å². The third-order valence-corrected chi connectivity index (χ3v) is 5.05. The van der Waals surface area contributed by atoms with E-state index >= 15 is 0 Å². The first-order valence-electron chi connectivity index (χ1n) is 9.03. The first kappa shape index (κ1) is 17.4. The maximum atomic E-state index is 13.0. The molecule has 1 saturated heterocycles. The maximum Gasteiger partial charge on any atom is 0.275 e. The van der Waals surface area contributed by atoms with Gasteiger partial charge in [-0.2, -0.15) is 5.10 Å². The van der Waals surface area contributed by atoms with E-state index in [1.807, 2.05) is 18.3 Å². The Bertz CT molecular complexity index is 1040. The van der Waals surface area contributed by atoms with Crippen LogP contribution in [0.3, 0.4) is 0 Å². The van der Waals surface area contributed by atoms with Gasteiger partial charge in [-0.1, -0.05) is 24.3 Å². The van der Waals surface area contributed by atoms with Crippen molar-refractivity contribution < 1.29 is 4.79 Å². The smallest absolute Gasteiger partial charge is 0.275 e. The largest absolute Gasteiger partial charge is 0.335 e. The van der Waals surface area contributed by atoms with Crippen molar-refractivity contribution in [3.05, 3.63) is 69.9 Å². The number of rotatable bonds is 3. The number of carbonyl (C=O) groups excluding carboxylic acids is 1. The Labute approximate surface area is 156 Å². The minimum Gasteiger partial charge on any atom is -0.335 e. The van der Waals surface area contributed by atoms with Gasteiger partial charge >= 0.3 is 0 Å². The molecule has 3 aromatic rings. The number of piperazine rings is 1. The number of amides is 1. The quantitative estimate of drug-likeness (QED) is 0.764. The number of aromatic amines is 1. The number of hydrogen-bond acceptors (Lipinski definition) is 5. The van der Waals surface area contributed by atoms with Crippen LogP contribution < -0.4 is 5.56 Å². The zero-order valence-electron chi connectivity index (χ0n) is 15.2. The van der Waals surface area contributed by atoms with E-state index in [-0.39, 0.29) is 11.5 Å². The first-order valence-corrected chi connectivity index (χ1v) is 9.03. The second kappa shape index (κ2) is 7.28. The van der Waals surface area contributed by atoms with Crippen LogP contribution in [0.25, 0.3) is 10.8 Å². The molecule has 0 unspecified atom stereocenters. The van der Waals surface area contributed by atoms with E-state index in [0.717, 1.165) is 25.3 Å². The van der Waals surface area contributed by atoms with Crippen molar-refractivity contribution in [1.82, 2.24) is 25.0 Å². The number of hydrogen-bond donors (Lipinski definition) is 1. The Hall–Kier alpha value is -3.06. The maximum absolute atomic E-state index is 13.0. The van der Waals surface area contributed by atoms with Crippen molar-refractivity contribution >= 4 is 16.7 Å². The van der Waals surface area contributed by atoms with Crippen molar-refractivity contribution in [2.24, 2.45) is 0 Å². The minimum absolute atomic E-state index is 0.142. The SMILES string of the molecule is Cc1cccnc1CN1CCN(C(=O)c2n[nH]c(=O)c3ccccc23)CC1.